The van der Waals surface area contributed by atoms with Crippen molar-refractivity contribution in [2.45, 2.75) is 17.7 Å². The van der Waals surface area contributed by atoms with Gasteiger partial charge < -0.3 is 9.64 Å². The molecule has 2 aromatic rings. The molecule has 2 atom stereocenters. The van der Waals surface area contributed by atoms with E-state index in [9.17, 15) is 13.2 Å². The van der Waals surface area contributed by atoms with E-state index in [2.05, 4.69) is 20.9 Å². The number of anilines is 1. The summed E-state index contributed by atoms with van der Waals surface area (Å²) in [6, 6.07) is 14.7. The first-order chi connectivity index (χ1) is 13.8. The molecule has 2 aliphatic heterocycles. The van der Waals surface area contributed by atoms with E-state index < -0.39 is 9.84 Å². The maximum absolute atomic E-state index is 12.6. The first kappa shape index (κ1) is 20.4. The van der Waals surface area contributed by atoms with Crippen molar-refractivity contribution in [3.63, 3.8) is 0 Å². The lowest BCUT2D eigenvalue weighted by molar-refractivity contribution is -0.117. The molecular formula is C20H19BrN2O4S2. The van der Waals surface area contributed by atoms with Gasteiger partial charge in [-0.15, -0.1) is 0 Å². The van der Waals surface area contributed by atoms with Gasteiger partial charge in [-0.1, -0.05) is 45.9 Å². The monoisotopic (exact) mass is 494 g/mol. The Hall–Kier alpha value is -1.84. The second kappa shape index (κ2) is 8.12. The summed E-state index contributed by atoms with van der Waals surface area (Å²) in [5.74, 6) is 0.649. The smallest absolute Gasteiger partial charge is 0.252 e. The minimum Gasteiger partial charge on any atom is -0.497 e. The molecule has 0 spiro atoms. The van der Waals surface area contributed by atoms with Crippen molar-refractivity contribution in [3.8, 4) is 5.75 Å². The fraction of sp³-hybridized carbons (Fsp3) is 0.300. The summed E-state index contributed by atoms with van der Waals surface area (Å²) in [7, 11) is -1.50. The number of sulfone groups is 1. The van der Waals surface area contributed by atoms with E-state index in [0.717, 1.165) is 21.5 Å². The molecule has 0 unspecified atom stereocenters. The van der Waals surface area contributed by atoms with Gasteiger partial charge in [0.1, 0.15) is 5.75 Å². The zero-order valence-electron chi connectivity index (χ0n) is 15.6. The van der Waals surface area contributed by atoms with Gasteiger partial charge in [0.2, 0.25) is 0 Å². The molecule has 2 aromatic carbocycles. The van der Waals surface area contributed by atoms with Crippen LogP contribution in [0.2, 0.25) is 0 Å². The van der Waals surface area contributed by atoms with Crippen molar-refractivity contribution in [2.24, 2.45) is 4.99 Å². The lowest BCUT2D eigenvalue weighted by Crippen LogP contribution is -2.37. The summed E-state index contributed by atoms with van der Waals surface area (Å²) >= 11 is 4.84. The Morgan fingerprint density at radius 1 is 1.24 bits per heavy atom. The number of hydrogen-bond acceptors (Lipinski definition) is 5. The fourth-order valence-corrected chi connectivity index (χ4v) is 7.87. The minimum atomic E-state index is -3.09. The third kappa shape index (κ3) is 4.51. The third-order valence-corrected chi connectivity index (χ3v) is 8.59. The molecule has 29 heavy (non-hydrogen) atoms. The van der Waals surface area contributed by atoms with E-state index in [0.29, 0.717) is 5.17 Å². The zero-order valence-corrected chi connectivity index (χ0v) is 18.8. The van der Waals surface area contributed by atoms with Gasteiger partial charge in [-0.25, -0.2) is 8.42 Å². The van der Waals surface area contributed by atoms with Crippen LogP contribution in [0.3, 0.4) is 0 Å². The number of halogens is 1. The molecule has 0 bridgehead atoms. The average Bonchev–Trinajstić information content (AvgIpc) is 3.12. The molecule has 2 heterocycles. The Balaban J connectivity index is 1.61. The van der Waals surface area contributed by atoms with Gasteiger partial charge >= 0.3 is 0 Å². The van der Waals surface area contributed by atoms with Gasteiger partial charge in [0.15, 0.2) is 15.0 Å². The van der Waals surface area contributed by atoms with Crippen LogP contribution in [0.25, 0.3) is 0 Å². The molecule has 0 N–H and O–H groups in total. The summed E-state index contributed by atoms with van der Waals surface area (Å²) in [6.07, 6.45) is 0.175. The van der Waals surface area contributed by atoms with Crippen LogP contribution in [0.5, 0.6) is 5.75 Å². The zero-order chi connectivity index (χ0) is 20.6. The van der Waals surface area contributed by atoms with Crippen LogP contribution in [0.4, 0.5) is 5.69 Å². The van der Waals surface area contributed by atoms with E-state index in [1.807, 2.05) is 53.4 Å². The van der Waals surface area contributed by atoms with E-state index in [4.69, 9.17) is 4.74 Å². The molecule has 2 aliphatic rings. The molecule has 152 valence electrons. The highest BCUT2D eigenvalue weighted by molar-refractivity contribution is 9.10. The van der Waals surface area contributed by atoms with Gasteiger partial charge in [-0.2, -0.15) is 4.99 Å². The van der Waals surface area contributed by atoms with E-state index in [1.54, 1.807) is 7.11 Å². The second-order valence-corrected chi connectivity index (χ2v) is 11.2. The van der Waals surface area contributed by atoms with Gasteiger partial charge in [0.25, 0.3) is 5.91 Å². The Morgan fingerprint density at radius 3 is 2.69 bits per heavy atom. The largest absolute Gasteiger partial charge is 0.497 e. The third-order valence-electron chi connectivity index (χ3n) is 4.89. The van der Waals surface area contributed by atoms with Crippen LogP contribution in [0.1, 0.15) is 5.56 Å². The van der Waals surface area contributed by atoms with Crippen LogP contribution in [-0.4, -0.2) is 49.4 Å². The topological polar surface area (TPSA) is 76.0 Å². The lowest BCUT2D eigenvalue weighted by Gasteiger charge is -2.24. The normalized spacial score (nSPS) is 23.9. The number of carbonyl (C=O) groups is 1. The number of carbonyl (C=O) groups excluding carboxylic acids is 1. The SMILES string of the molecule is COc1ccc(CC(=O)N=C2S[C@@H]3CS(=O)(=O)C[C@H]3N2c2cccc(Br)c2)cc1. The molecule has 9 heteroatoms. The summed E-state index contributed by atoms with van der Waals surface area (Å²) in [4.78, 5) is 18.9. The molecule has 6 nitrogen and oxygen atoms in total. The van der Waals surface area contributed by atoms with Crippen molar-refractivity contribution >= 4 is 54.3 Å². The summed E-state index contributed by atoms with van der Waals surface area (Å²) in [6.45, 7) is 0. The van der Waals surface area contributed by atoms with Crippen molar-refractivity contribution in [1.29, 1.82) is 0 Å². The maximum atomic E-state index is 12.6. The highest BCUT2D eigenvalue weighted by Crippen LogP contribution is 2.41. The number of amidine groups is 1. The number of ether oxygens (including phenoxy) is 1. The number of methoxy groups -OCH3 is 1. The number of fused-ring (bicyclic) bond motifs is 1. The molecule has 0 aromatic heterocycles. The fourth-order valence-electron chi connectivity index (χ4n) is 3.56. The molecule has 0 aliphatic carbocycles. The Labute approximate surface area is 182 Å². The summed E-state index contributed by atoms with van der Waals surface area (Å²) in [5.41, 5.74) is 1.67. The first-order valence-electron chi connectivity index (χ1n) is 9.01. The molecule has 2 saturated heterocycles. The highest BCUT2D eigenvalue weighted by atomic mass is 79.9. The van der Waals surface area contributed by atoms with E-state index >= 15 is 0 Å². The van der Waals surface area contributed by atoms with Crippen molar-refractivity contribution in [1.82, 2.24) is 0 Å². The number of rotatable bonds is 4. The summed E-state index contributed by atoms with van der Waals surface area (Å²) in [5, 5.41) is 0.443. The average molecular weight is 495 g/mol. The van der Waals surface area contributed by atoms with Crippen molar-refractivity contribution < 1.29 is 17.9 Å². The van der Waals surface area contributed by atoms with E-state index in [1.165, 1.54) is 11.8 Å². The number of amides is 1. The van der Waals surface area contributed by atoms with Crippen LogP contribution < -0.4 is 9.64 Å². The highest BCUT2D eigenvalue weighted by Gasteiger charge is 2.49. The maximum Gasteiger partial charge on any atom is 0.252 e. The molecule has 0 saturated carbocycles. The molecule has 4 rings (SSSR count). The molecule has 2 fully saturated rings. The van der Waals surface area contributed by atoms with Gasteiger partial charge in [0.05, 0.1) is 31.1 Å². The van der Waals surface area contributed by atoms with Crippen LogP contribution in [0, 0.1) is 0 Å². The Kier molecular flexibility index (Phi) is 5.72. The number of aliphatic imine (C=N–C) groups is 1. The van der Waals surface area contributed by atoms with Gasteiger partial charge in [-0.3, -0.25) is 4.79 Å². The van der Waals surface area contributed by atoms with Gasteiger partial charge in [-0.05, 0) is 35.9 Å². The lowest BCUT2D eigenvalue weighted by atomic mass is 10.1. The molecule has 0 radical (unpaired) electrons. The Bertz CT molecular complexity index is 1070. The molecular weight excluding hydrogens is 476 g/mol. The Morgan fingerprint density at radius 2 is 2.00 bits per heavy atom. The minimum absolute atomic E-state index is 0.0723. The first-order valence-corrected chi connectivity index (χ1v) is 12.5. The number of hydrogen-bond donors (Lipinski definition) is 0. The van der Waals surface area contributed by atoms with Crippen molar-refractivity contribution in [2.75, 3.05) is 23.5 Å². The number of nitrogens with zero attached hydrogens (tertiary/aromatic N) is 2. The van der Waals surface area contributed by atoms with Crippen LogP contribution in [-0.2, 0) is 21.1 Å². The number of benzene rings is 2. The van der Waals surface area contributed by atoms with E-state index in [-0.39, 0.29) is 35.1 Å². The summed E-state index contributed by atoms with van der Waals surface area (Å²) < 4.78 is 30.3. The quantitative estimate of drug-likeness (QED) is 0.648. The standard InChI is InChI=1S/C20H19BrN2O4S2/c1-27-16-7-5-13(6-8-16)9-19(24)22-20-23(15-4-2-3-14(21)10-15)17-11-29(25,26)12-18(17)28-20/h2-8,10,17-18H,9,11-12H2,1H3/t17-,18-/m1/s1. The second-order valence-electron chi connectivity index (χ2n) is 6.96. The van der Waals surface area contributed by atoms with Crippen LogP contribution in [0.15, 0.2) is 58.0 Å². The number of thioether (sulfide) groups is 1. The van der Waals surface area contributed by atoms with Gasteiger partial charge in [0, 0.05) is 15.4 Å². The van der Waals surface area contributed by atoms with Crippen molar-refractivity contribution in [3.05, 3.63) is 58.6 Å². The molecule has 1 amide bonds. The predicted molar refractivity (Wildman–Crippen MR) is 120 cm³/mol. The van der Waals surface area contributed by atoms with Crippen LogP contribution >= 0.6 is 27.7 Å². The predicted octanol–water partition coefficient (Wildman–Crippen LogP) is 3.30.